The second-order valence-electron chi connectivity index (χ2n) is 11.3. The van der Waals surface area contributed by atoms with Crippen molar-refractivity contribution in [2.75, 3.05) is 7.11 Å². The fraction of sp³-hybridized carbons (Fsp3) is 0.364. The van der Waals surface area contributed by atoms with Gasteiger partial charge < -0.3 is 30.3 Å². The summed E-state index contributed by atoms with van der Waals surface area (Å²) >= 11 is 0. The molecular formula is C33H41N3O7. The number of carboxylic acids is 1. The Balaban J connectivity index is 1.77. The summed E-state index contributed by atoms with van der Waals surface area (Å²) in [7, 11) is 1.55. The number of amides is 2. The van der Waals surface area contributed by atoms with Gasteiger partial charge in [-0.2, -0.15) is 0 Å². The highest BCUT2D eigenvalue weighted by Crippen LogP contribution is 2.21. The van der Waals surface area contributed by atoms with Crippen molar-refractivity contribution >= 4 is 18.0 Å². The molecule has 4 atom stereocenters. The van der Waals surface area contributed by atoms with Crippen LogP contribution in [0.15, 0.2) is 84.9 Å². The van der Waals surface area contributed by atoms with Crippen LogP contribution in [0.25, 0.3) is 0 Å². The summed E-state index contributed by atoms with van der Waals surface area (Å²) in [5.74, 6) is -1.19. The zero-order valence-electron chi connectivity index (χ0n) is 24.9. The summed E-state index contributed by atoms with van der Waals surface area (Å²) < 4.78 is 10.5. The Hall–Kier alpha value is -4.41. The van der Waals surface area contributed by atoms with Gasteiger partial charge in [-0.05, 0) is 40.7 Å². The molecule has 0 bridgehead atoms. The van der Waals surface area contributed by atoms with Crippen LogP contribution in [-0.2, 0) is 33.9 Å². The molecule has 3 aromatic rings. The van der Waals surface area contributed by atoms with Gasteiger partial charge in [0.15, 0.2) is 0 Å². The number of hydrogen-bond donors (Lipinski definition) is 5. The van der Waals surface area contributed by atoms with Crippen LogP contribution < -0.4 is 20.7 Å². The molecule has 43 heavy (non-hydrogen) atoms. The first-order valence-electron chi connectivity index (χ1n) is 14.1. The van der Waals surface area contributed by atoms with Gasteiger partial charge >= 0.3 is 12.1 Å². The average molecular weight is 592 g/mol. The minimum Gasteiger partial charge on any atom is -0.497 e. The Bertz CT molecular complexity index is 1310. The van der Waals surface area contributed by atoms with Crippen molar-refractivity contribution in [1.82, 2.24) is 16.0 Å². The number of carbonyl (C=O) groups is 3. The second-order valence-corrected chi connectivity index (χ2v) is 11.3. The molecule has 0 radical (unpaired) electrons. The van der Waals surface area contributed by atoms with E-state index in [1.165, 1.54) is 0 Å². The Morgan fingerprint density at radius 1 is 0.814 bits per heavy atom. The third kappa shape index (κ3) is 10.4. The first-order chi connectivity index (χ1) is 20.5. The number of methoxy groups -OCH3 is 1. The largest absolute Gasteiger partial charge is 0.497 e. The van der Waals surface area contributed by atoms with E-state index < -0.39 is 47.6 Å². The molecule has 0 spiro atoms. The standard InChI is InChI=1S/C33H41N3O7/c1-33(2,3)29(36-32(41)43-21-24-13-9-6-10-14-24)30(38)35-26(19-22-11-7-5-8-12-22)28(37)27(31(39)40)34-20-23-15-17-25(42-4)18-16-23/h5-18,26-29,34,37H,19-21H2,1-4H3,(H,35,38)(H,36,41)(H,39,40)/t26-,27+,28-,29+/m0/s1. The van der Waals surface area contributed by atoms with Gasteiger partial charge in [0, 0.05) is 6.54 Å². The van der Waals surface area contributed by atoms with Crippen molar-refractivity contribution in [3.63, 3.8) is 0 Å². The highest BCUT2D eigenvalue weighted by molar-refractivity contribution is 5.87. The number of rotatable bonds is 14. The minimum absolute atomic E-state index is 0.0284. The molecule has 10 nitrogen and oxygen atoms in total. The minimum atomic E-state index is -1.52. The van der Waals surface area contributed by atoms with Crippen LogP contribution in [0, 0.1) is 5.41 Å². The third-order valence-corrected chi connectivity index (χ3v) is 6.93. The van der Waals surface area contributed by atoms with E-state index in [-0.39, 0.29) is 19.6 Å². The number of alkyl carbamates (subject to hydrolysis) is 1. The fourth-order valence-corrected chi connectivity index (χ4v) is 4.51. The van der Waals surface area contributed by atoms with E-state index in [9.17, 15) is 24.6 Å². The lowest BCUT2D eigenvalue weighted by molar-refractivity contribution is -0.144. The van der Waals surface area contributed by atoms with Crippen LogP contribution >= 0.6 is 0 Å². The number of nitrogens with one attached hydrogen (secondary N) is 3. The molecule has 0 aliphatic heterocycles. The maximum absolute atomic E-state index is 13.7. The zero-order valence-corrected chi connectivity index (χ0v) is 24.9. The second kappa shape index (κ2) is 15.7. The van der Waals surface area contributed by atoms with E-state index in [4.69, 9.17) is 9.47 Å². The predicted molar refractivity (Wildman–Crippen MR) is 162 cm³/mol. The number of aliphatic hydroxyl groups excluding tert-OH is 1. The molecular weight excluding hydrogens is 550 g/mol. The molecule has 0 unspecified atom stereocenters. The highest BCUT2D eigenvalue weighted by Gasteiger charge is 2.38. The number of carbonyl (C=O) groups excluding carboxylic acids is 2. The molecule has 3 aromatic carbocycles. The third-order valence-electron chi connectivity index (χ3n) is 6.93. The smallest absolute Gasteiger partial charge is 0.408 e. The van der Waals surface area contributed by atoms with Crippen molar-refractivity contribution < 1.29 is 34.1 Å². The van der Waals surface area contributed by atoms with Crippen molar-refractivity contribution in [2.24, 2.45) is 5.41 Å². The van der Waals surface area contributed by atoms with Crippen molar-refractivity contribution in [3.05, 3.63) is 102 Å². The zero-order chi connectivity index (χ0) is 31.4. The van der Waals surface area contributed by atoms with Crippen LogP contribution in [0.4, 0.5) is 4.79 Å². The summed E-state index contributed by atoms with van der Waals surface area (Å²) in [6.07, 6.45) is -2.15. The summed E-state index contributed by atoms with van der Waals surface area (Å²) in [6, 6.07) is 21.9. The van der Waals surface area contributed by atoms with Crippen LogP contribution in [-0.4, -0.2) is 59.5 Å². The molecule has 5 N–H and O–H groups in total. The quantitative estimate of drug-likeness (QED) is 0.191. The van der Waals surface area contributed by atoms with Crippen molar-refractivity contribution in [2.45, 2.75) is 64.6 Å². The first kappa shape index (κ1) is 33.1. The molecule has 0 heterocycles. The highest BCUT2D eigenvalue weighted by atomic mass is 16.5. The predicted octanol–water partition coefficient (Wildman–Crippen LogP) is 3.67. The summed E-state index contributed by atoms with van der Waals surface area (Å²) in [6.45, 7) is 5.54. The van der Waals surface area contributed by atoms with Gasteiger partial charge in [0.05, 0.1) is 13.2 Å². The van der Waals surface area contributed by atoms with E-state index in [1.54, 1.807) is 52.1 Å². The Kier molecular flexibility index (Phi) is 12.1. The number of aliphatic carboxylic acids is 1. The van der Waals surface area contributed by atoms with Gasteiger partial charge in [0.1, 0.15) is 30.5 Å². The Labute approximate surface area is 252 Å². The van der Waals surface area contributed by atoms with E-state index in [1.807, 2.05) is 60.7 Å². The number of hydrogen-bond acceptors (Lipinski definition) is 7. The first-order valence-corrected chi connectivity index (χ1v) is 14.1. The fourth-order valence-electron chi connectivity index (χ4n) is 4.51. The maximum atomic E-state index is 13.7. The molecule has 0 saturated carbocycles. The van der Waals surface area contributed by atoms with Gasteiger partial charge in [0.25, 0.3) is 0 Å². The van der Waals surface area contributed by atoms with E-state index >= 15 is 0 Å². The molecule has 0 saturated heterocycles. The lowest BCUT2D eigenvalue weighted by atomic mass is 9.85. The Morgan fingerprint density at radius 3 is 1.93 bits per heavy atom. The van der Waals surface area contributed by atoms with Gasteiger partial charge in [-0.3, -0.25) is 14.9 Å². The molecule has 230 valence electrons. The van der Waals surface area contributed by atoms with Gasteiger partial charge in [-0.1, -0.05) is 93.6 Å². The van der Waals surface area contributed by atoms with Crippen LogP contribution in [0.5, 0.6) is 5.75 Å². The summed E-state index contributed by atoms with van der Waals surface area (Å²) in [5, 5.41) is 29.8. The number of benzene rings is 3. The van der Waals surface area contributed by atoms with Gasteiger partial charge in [-0.15, -0.1) is 0 Å². The summed E-state index contributed by atoms with van der Waals surface area (Å²) in [4.78, 5) is 38.7. The monoisotopic (exact) mass is 591 g/mol. The number of aliphatic hydroxyl groups is 1. The van der Waals surface area contributed by atoms with Crippen molar-refractivity contribution in [1.29, 1.82) is 0 Å². The van der Waals surface area contributed by atoms with E-state index in [0.717, 1.165) is 16.7 Å². The van der Waals surface area contributed by atoms with Crippen LogP contribution in [0.3, 0.4) is 0 Å². The number of ether oxygens (including phenoxy) is 2. The van der Waals surface area contributed by atoms with Crippen LogP contribution in [0.2, 0.25) is 0 Å². The average Bonchev–Trinajstić information content (AvgIpc) is 2.99. The van der Waals surface area contributed by atoms with Crippen molar-refractivity contribution in [3.8, 4) is 5.75 Å². The van der Waals surface area contributed by atoms with E-state index in [0.29, 0.717) is 5.75 Å². The molecule has 0 aromatic heterocycles. The number of carboxylic acid groups (broad SMARTS) is 1. The van der Waals surface area contributed by atoms with Crippen LogP contribution in [0.1, 0.15) is 37.5 Å². The summed E-state index contributed by atoms with van der Waals surface area (Å²) in [5.41, 5.74) is 1.63. The maximum Gasteiger partial charge on any atom is 0.408 e. The van der Waals surface area contributed by atoms with Gasteiger partial charge in [0.2, 0.25) is 5.91 Å². The molecule has 10 heteroatoms. The normalized spacial score (nSPS) is 14.1. The molecule has 0 aliphatic carbocycles. The SMILES string of the molecule is COc1ccc(CN[C@@H](C(=O)O)[C@@H](O)[C@H](Cc2ccccc2)NC(=O)[C@@H](NC(=O)OCc2ccccc2)C(C)(C)C)cc1. The molecule has 0 fully saturated rings. The van der Waals surface area contributed by atoms with Gasteiger partial charge in [-0.25, -0.2) is 4.79 Å². The molecule has 0 aliphatic rings. The molecule has 2 amide bonds. The van der Waals surface area contributed by atoms with E-state index in [2.05, 4.69) is 16.0 Å². The Morgan fingerprint density at radius 2 is 1.40 bits per heavy atom. The topological polar surface area (TPSA) is 146 Å². The lowest BCUT2D eigenvalue weighted by Gasteiger charge is -2.34. The molecule has 3 rings (SSSR count). The lowest BCUT2D eigenvalue weighted by Crippen LogP contribution is -2.61.